The number of fused-ring (bicyclic) bond motifs is 1. The van der Waals surface area contributed by atoms with Gasteiger partial charge in [0.25, 0.3) is 0 Å². The molecule has 2 heterocycles. The number of benzene rings is 2. The molecular formula is C24H29N3O4S. The summed E-state index contributed by atoms with van der Waals surface area (Å²) in [5.41, 5.74) is 4.38. The van der Waals surface area contributed by atoms with E-state index in [4.69, 9.17) is 0 Å². The first-order valence-corrected chi connectivity index (χ1v) is 12.5. The molecule has 7 nitrogen and oxygen atoms in total. The third kappa shape index (κ3) is 4.56. The number of amides is 2. The van der Waals surface area contributed by atoms with Crippen LogP contribution in [-0.2, 0) is 26.0 Å². The van der Waals surface area contributed by atoms with Crippen molar-refractivity contribution in [2.45, 2.75) is 50.8 Å². The van der Waals surface area contributed by atoms with Crippen LogP contribution in [0.25, 0.3) is 0 Å². The molecule has 0 aliphatic carbocycles. The second-order valence-electron chi connectivity index (χ2n) is 8.66. The van der Waals surface area contributed by atoms with Crippen molar-refractivity contribution < 1.29 is 18.0 Å². The minimum absolute atomic E-state index is 0.0481. The molecule has 8 heteroatoms. The number of piperidine rings is 1. The third-order valence-electron chi connectivity index (χ3n) is 6.46. The fourth-order valence-corrected chi connectivity index (χ4v) is 5.93. The largest absolute Gasteiger partial charge is 0.326 e. The lowest BCUT2D eigenvalue weighted by atomic mass is 9.98. The van der Waals surface area contributed by atoms with Crippen LogP contribution in [0.3, 0.4) is 0 Å². The maximum absolute atomic E-state index is 13.4. The molecule has 0 spiro atoms. The molecule has 1 saturated heterocycles. The predicted molar refractivity (Wildman–Crippen MR) is 124 cm³/mol. The molecule has 0 saturated carbocycles. The molecule has 2 amide bonds. The first-order valence-electron chi connectivity index (χ1n) is 11.1. The minimum Gasteiger partial charge on any atom is -0.326 e. The van der Waals surface area contributed by atoms with Gasteiger partial charge in [0.1, 0.15) is 0 Å². The summed E-state index contributed by atoms with van der Waals surface area (Å²) in [4.78, 5) is 24.9. The lowest BCUT2D eigenvalue weighted by Gasteiger charge is -2.31. The zero-order valence-electron chi connectivity index (χ0n) is 18.5. The summed E-state index contributed by atoms with van der Waals surface area (Å²) >= 11 is 0. The van der Waals surface area contributed by atoms with E-state index in [2.05, 4.69) is 10.6 Å². The van der Waals surface area contributed by atoms with Gasteiger partial charge in [0.2, 0.25) is 21.8 Å². The van der Waals surface area contributed by atoms with Crippen LogP contribution < -0.4 is 10.6 Å². The molecule has 170 valence electrons. The summed E-state index contributed by atoms with van der Waals surface area (Å²) in [5.74, 6) is -0.602. The Morgan fingerprint density at radius 2 is 1.94 bits per heavy atom. The van der Waals surface area contributed by atoms with E-state index in [1.165, 1.54) is 4.31 Å². The Morgan fingerprint density at radius 1 is 1.12 bits per heavy atom. The topological polar surface area (TPSA) is 95.6 Å². The molecule has 4 rings (SSSR count). The molecule has 2 aromatic rings. The maximum atomic E-state index is 13.4. The third-order valence-corrected chi connectivity index (χ3v) is 8.32. The number of sulfonamides is 1. The van der Waals surface area contributed by atoms with Crippen molar-refractivity contribution in [2.24, 2.45) is 5.92 Å². The van der Waals surface area contributed by atoms with Gasteiger partial charge in [-0.25, -0.2) is 8.42 Å². The average molecular weight is 456 g/mol. The molecule has 2 aliphatic heterocycles. The van der Waals surface area contributed by atoms with E-state index < -0.39 is 15.9 Å². The number of rotatable bonds is 4. The summed E-state index contributed by atoms with van der Waals surface area (Å²) < 4.78 is 28.1. The van der Waals surface area contributed by atoms with Crippen LogP contribution in [0.5, 0.6) is 0 Å². The zero-order valence-corrected chi connectivity index (χ0v) is 19.3. The number of nitrogens with one attached hydrogen (secondary N) is 2. The Morgan fingerprint density at radius 3 is 2.75 bits per heavy atom. The molecular weight excluding hydrogens is 426 g/mol. The second-order valence-corrected chi connectivity index (χ2v) is 10.6. The van der Waals surface area contributed by atoms with Crippen LogP contribution in [0.4, 0.5) is 11.4 Å². The number of carbonyl (C=O) groups is 2. The van der Waals surface area contributed by atoms with Crippen LogP contribution in [0.1, 0.15) is 42.4 Å². The van der Waals surface area contributed by atoms with Crippen molar-refractivity contribution in [3.05, 3.63) is 53.1 Å². The molecule has 2 aromatic carbocycles. The van der Waals surface area contributed by atoms with Gasteiger partial charge < -0.3 is 10.6 Å². The van der Waals surface area contributed by atoms with Crippen molar-refractivity contribution in [2.75, 3.05) is 23.7 Å². The quantitative estimate of drug-likeness (QED) is 0.736. The highest BCUT2D eigenvalue weighted by molar-refractivity contribution is 7.89. The van der Waals surface area contributed by atoms with Gasteiger partial charge in [-0.2, -0.15) is 4.31 Å². The van der Waals surface area contributed by atoms with Crippen molar-refractivity contribution in [1.29, 1.82) is 0 Å². The van der Waals surface area contributed by atoms with Gasteiger partial charge in [-0.3, -0.25) is 9.59 Å². The van der Waals surface area contributed by atoms with Crippen molar-refractivity contribution in [3.63, 3.8) is 0 Å². The number of aryl methyl sites for hydroxylation is 2. The van der Waals surface area contributed by atoms with Gasteiger partial charge in [-0.05, 0) is 80.5 Å². The van der Waals surface area contributed by atoms with Crippen LogP contribution in [0.15, 0.2) is 41.3 Å². The number of carbonyl (C=O) groups excluding carboxylic acids is 2. The maximum Gasteiger partial charge on any atom is 0.243 e. The van der Waals surface area contributed by atoms with Crippen LogP contribution in [0.2, 0.25) is 0 Å². The van der Waals surface area contributed by atoms with Gasteiger partial charge in [-0.1, -0.05) is 12.1 Å². The van der Waals surface area contributed by atoms with Crippen molar-refractivity contribution in [1.82, 2.24) is 4.31 Å². The smallest absolute Gasteiger partial charge is 0.243 e. The summed E-state index contributed by atoms with van der Waals surface area (Å²) in [6.45, 7) is 4.51. The van der Waals surface area contributed by atoms with E-state index >= 15 is 0 Å². The molecule has 1 unspecified atom stereocenters. The van der Waals surface area contributed by atoms with Gasteiger partial charge in [0.05, 0.1) is 10.8 Å². The lowest BCUT2D eigenvalue weighted by Crippen LogP contribution is -2.43. The van der Waals surface area contributed by atoms with E-state index in [0.29, 0.717) is 44.3 Å². The molecule has 32 heavy (non-hydrogen) atoms. The Labute approximate surface area is 189 Å². The molecule has 1 fully saturated rings. The number of nitrogens with zero attached hydrogens (tertiary/aromatic N) is 1. The molecule has 2 N–H and O–H groups in total. The molecule has 2 aliphatic rings. The lowest BCUT2D eigenvalue weighted by molar-refractivity contribution is -0.121. The van der Waals surface area contributed by atoms with Crippen LogP contribution in [0, 0.1) is 19.8 Å². The van der Waals surface area contributed by atoms with E-state index in [-0.39, 0.29) is 23.3 Å². The highest BCUT2D eigenvalue weighted by Gasteiger charge is 2.34. The monoisotopic (exact) mass is 455 g/mol. The average Bonchev–Trinajstić information content (AvgIpc) is 2.96. The minimum atomic E-state index is -3.73. The van der Waals surface area contributed by atoms with Crippen molar-refractivity contribution >= 4 is 33.2 Å². The molecule has 0 radical (unpaired) electrons. The van der Waals surface area contributed by atoms with Gasteiger partial charge in [0, 0.05) is 30.9 Å². The van der Waals surface area contributed by atoms with Gasteiger partial charge in [0.15, 0.2) is 0 Å². The summed E-state index contributed by atoms with van der Waals surface area (Å²) in [6, 6.07) is 10.6. The van der Waals surface area contributed by atoms with E-state index in [9.17, 15) is 18.0 Å². The molecule has 0 aromatic heterocycles. The fraction of sp³-hybridized carbons (Fsp3) is 0.417. The Hall–Kier alpha value is -2.71. The molecule has 0 bridgehead atoms. The molecule has 1 atom stereocenters. The zero-order chi connectivity index (χ0) is 22.9. The number of hydrogen-bond acceptors (Lipinski definition) is 4. The Kier molecular flexibility index (Phi) is 6.35. The summed E-state index contributed by atoms with van der Waals surface area (Å²) in [7, 11) is -3.73. The SMILES string of the molecule is Cc1cccc(NC(=O)C2CCCN(S(=O)(=O)c3ccc4c(c3)CCCC(=O)N4)C2)c1C. The highest BCUT2D eigenvalue weighted by atomic mass is 32.2. The van der Waals surface area contributed by atoms with Crippen LogP contribution >= 0.6 is 0 Å². The Bertz CT molecular complexity index is 1160. The predicted octanol–water partition coefficient (Wildman–Crippen LogP) is 3.62. The van der Waals surface area contributed by atoms with Gasteiger partial charge >= 0.3 is 0 Å². The fourth-order valence-electron chi connectivity index (χ4n) is 4.36. The number of hydrogen-bond donors (Lipinski definition) is 2. The van der Waals surface area contributed by atoms with Gasteiger partial charge in [-0.15, -0.1) is 0 Å². The number of anilines is 2. The van der Waals surface area contributed by atoms with E-state index in [1.54, 1.807) is 18.2 Å². The summed E-state index contributed by atoms with van der Waals surface area (Å²) in [5, 5.41) is 5.82. The van der Waals surface area contributed by atoms with E-state index in [1.807, 2.05) is 32.0 Å². The van der Waals surface area contributed by atoms with Crippen molar-refractivity contribution in [3.8, 4) is 0 Å². The summed E-state index contributed by atoms with van der Waals surface area (Å²) in [6.07, 6.45) is 3.05. The van der Waals surface area contributed by atoms with E-state index in [0.717, 1.165) is 22.4 Å². The standard InChI is InChI=1S/C24H29N3O4S/c1-16-6-3-9-21(17(16)2)26-24(29)19-8-5-13-27(15-19)32(30,31)20-11-12-22-18(14-20)7-4-10-23(28)25-22/h3,6,9,11-12,14,19H,4-5,7-8,10,13,15H2,1-2H3,(H,25,28)(H,26,29). The second kappa shape index (κ2) is 9.03. The Balaban J connectivity index is 1.51. The highest BCUT2D eigenvalue weighted by Crippen LogP contribution is 2.29. The van der Waals surface area contributed by atoms with Crippen LogP contribution in [-0.4, -0.2) is 37.6 Å². The first kappa shape index (κ1) is 22.5. The first-order chi connectivity index (χ1) is 15.3. The normalized spacial score (nSPS) is 19.6.